The second kappa shape index (κ2) is 10.4. The quantitative estimate of drug-likeness (QED) is 0.340. The van der Waals surface area contributed by atoms with Crippen LogP contribution in [0.15, 0.2) is 88.5 Å². The summed E-state index contributed by atoms with van der Waals surface area (Å²) in [7, 11) is 0. The van der Waals surface area contributed by atoms with Crippen LogP contribution in [-0.2, 0) is 4.79 Å². The fraction of sp³-hybridized carbons (Fsp3) is 0.312. The highest BCUT2D eigenvalue weighted by Crippen LogP contribution is 2.48. The van der Waals surface area contributed by atoms with E-state index in [4.69, 9.17) is 0 Å². The Morgan fingerprint density at radius 2 is 1.63 bits per heavy atom. The van der Waals surface area contributed by atoms with Crippen molar-refractivity contribution in [2.75, 3.05) is 28.2 Å². The molecule has 196 valence electrons. The van der Waals surface area contributed by atoms with Crippen molar-refractivity contribution in [3.05, 3.63) is 99.7 Å². The standard InChI is InChI=1S/C32H34BrN3O2/c1-5-35(6-2)24-17-13-21(14-18-24)30-29-26(19-32(3,4)20-28(29)37)34-25-9-7-8-10-27(25)36(30)31(38)22-11-15-23(33)16-12-22/h7-18,30,34H,5-6,19-20H2,1-4H3/t30-/m0/s1. The molecule has 0 radical (unpaired) electrons. The van der Waals surface area contributed by atoms with E-state index in [-0.39, 0.29) is 17.1 Å². The first kappa shape index (κ1) is 26.2. The van der Waals surface area contributed by atoms with Crippen molar-refractivity contribution in [2.24, 2.45) is 5.41 Å². The van der Waals surface area contributed by atoms with Crippen LogP contribution in [0.5, 0.6) is 0 Å². The highest BCUT2D eigenvalue weighted by Gasteiger charge is 2.43. The number of hydrogen-bond donors (Lipinski definition) is 1. The highest BCUT2D eigenvalue weighted by atomic mass is 79.9. The Bertz CT molecular complexity index is 1390. The van der Waals surface area contributed by atoms with Crippen LogP contribution >= 0.6 is 15.9 Å². The predicted octanol–water partition coefficient (Wildman–Crippen LogP) is 7.75. The van der Waals surface area contributed by atoms with Gasteiger partial charge >= 0.3 is 0 Å². The molecule has 3 aromatic carbocycles. The van der Waals surface area contributed by atoms with Gasteiger partial charge < -0.3 is 10.2 Å². The van der Waals surface area contributed by atoms with Gasteiger partial charge in [0.25, 0.3) is 5.91 Å². The number of halogens is 1. The molecule has 0 aromatic heterocycles. The van der Waals surface area contributed by atoms with E-state index in [1.54, 1.807) is 0 Å². The first-order valence-electron chi connectivity index (χ1n) is 13.3. The molecular weight excluding hydrogens is 538 g/mol. The van der Waals surface area contributed by atoms with Crippen molar-refractivity contribution in [1.29, 1.82) is 0 Å². The largest absolute Gasteiger partial charge is 0.372 e. The highest BCUT2D eigenvalue weighted by molar-refractivity contribution is 9.10. The summed E-state index contributed by atoms with van der Waals surface area (Å²) in [6.45, 7) is 10.4. The fourth-order valence-corrected chi connectivity index (χ4v) is 5.98. The predicted molar refractivity (Wildman–Crippen MR) is 159 cm³/mol. The topological polar surface area (TPSA) is 52.7 Å². The molecule has 1 heterocycles. The number of Topliss-reactive ketones (excluding diaryl/α,β-unsaturated/α-hetero) is 1. The average Bonchev–Trinajstić information content (AvgIpc) is 3.03. The maximum absolute atomic E-state index is 14.3. The number of benzene rings is 3. The number of carbonyl (C=O) groups is 2. The Kier molecular flexibility index (Phi) is 7.19. The van der Waals surface area contributed by atoms with Crippen LogP contribution in [0.25, 0.3) is 0 Å². The molecule has 0 bridgehead atoms. The molecule has 0 fully saturated rings. The third-order valence-corrected chi connectivity index (χ3v) is 8.08. The molecule has 0 unspecified atom stereocenters. The number of nitrogens with one attached hydrogen (secondary N) is 1. The molecule has 1 aliphatic heterocycles. The SMILES string of the molecule is CCN(CC)c1ccc([C@H]2C3=C(CC(C)(C)CC3=O)Nc3ccccc3N2C(=O)c2ccc(Br)cc2)cc1. The molecule has 1 amide bonds. The maximum atomic E-state index is 14.3. The molecule has 1 aliphatic carbocycles. The number of para-hydroxylation sites is 2. The zero-order chi connectivity index (χ0) is 27.0. The van der Waals surface area contributed by atoms with Gasteiger partial charge in [-0.05, 0) is 79.8 Å². The van der Waals surface area contributed by atoms with Gasteiger partial charge in [0.2, 0.25) is 0 Å². The molecule has 5 nitrogen and oxygen atoms in total. The van der Waals surface area contributed by atoms with E-state index in [0.29, 0.717) is 17.6 Å². The molecule has 1 N–H and O–H groups in total. The summed E-state index contributed by atoms with van der Waals surface area (Å²) in [5.74, 6) is -0.0565. The molecule has 0 spiro atoms. The number of amides is 1. The average molecular weight is 573 g/mol. The van der Waals surface area contributed by atoms with Crippen LogP contribution in [0.2, 0.25) is 0 Å². The molecular formula is C32H34BrN3O2. The zero-order valence-corrected chi connectivity index (χ0v) is 24.0. The molecule has 6 heteroatoms. The summed E-state index contributed by atoms with van der Waals surface area (Å²) < 4.78 is 0.908. The van der Waals surface area contributed by atoms with Gasteiger partial charge in [0.1, 0.15) is 0 Å². The van der Waals surface area contributed by atoms with Crippen molar-refractivity contribution in [2.45, 2.75) is 46.6 Å². The van der Waals surface area contributed by atoms with E-state index < -0.39 is 6.04 Å². The lowest BCUT2D eigenvalue weighted by molar-refractivity contribution is -0.118. The number of hydrogen-bond acceptors (Lipinski definition) is 4. The Balaban J connectivity index is 1.74. The summed E-state index contributed by atoms with van der Waals surface area (Å²) >= 11 is 3.48. The van der Waals surface area contributed by atoms with Crippen molar-refractivity contribution in [1.82, 2.24) is 0 Å². The van der Waals surface area contributed by atoms with Gasteiger partial charge in [-0.2, -0.15) is 0 Å². The number of rotatable bonds is 5. The monoisotopic (exact) mass is 571 g/mol. The van der Waals surface area contributed by atoms with E-state index in [0.717, 1.165) is 52.3 Å². The molecule has 0 saturated carbocycles. The molecule has 3 aromatic rings. The number of fused-ring (bicyclic) bond motifs is 1. The summed E-state index contributed by atoms with van der Waals surface area (Å²) in [5.41, 5.74) is 5.63. The molecule has 2 aliphatic rings. The fourth-order valence-electron chi connectivity index (χ4n) is 5.71. The Hall–Kier alpha value is -3.38. The van der Waals surface area contributed by atoms with Crippen LogP contribution in [0.4, 0.5) is 17.1 Å². The maximum Gasteiger partial charge on any atom is 0.259 e. The Labute approximate surface area is 233 Å². The van der Waals surface area contributed by atoms with Gasteiger partial charge in [-0.25, -0.2) is 0 Å². The number of ketones is 1. The Morgan fingerprint density at radius 1 is 0.974 bits per heavy atom. The third-order valence-electron chi connectivity index (χ3n) is 7.55. The lowest BCUT2D eigenvalue weighted by atomic mass is 9.73. The number of anilines is 3. The van der Waals surface area contributed by atoms with Crippen molar-refractivity contribution >= 4 is 44.7 Å². The smallest absolute Gasteiger partial charge is 0.259 e. The number of carbonyl (C=O) groups excluding carboxylic acids is 2. The summed E-state index contributed by atoms with van der Waals surface area (Å²) in [5, 5.41) is 3.59. The number of nitrogens with zero attached hydrogens (tertiary/aromatic N) is 2. The van der Waals surface area contributed by atoms with Gasteiger partial charge in [-0.3, -0.25) is 14.5 Å². The second-order valence-corrected chi connectivity index (χ2v) is 11.7. The van der Waals surface area contributed by atoms with Gasteiger partial charge in [-0.1, -0.05) is 54.0 Å². The van der Waals surface area contributed by atoms with E-state index in [2.05, 4.69) is 78.1 Å². The normalized spacial score (nSPS) is 18.3. The van der Waals surface area contributed by atoms with E-state index in [9.17, 15) is 9.59 Å². The van der Waals surface area contributed by atoms with Gasteiger partial charge in [0.05, 0.1) is 17.4 Å². The molecule has 0 saturated heterocycles. The van der Waals surface area contributed by atoms with Crippen molar-refractivity contribution in [3.63, 3.8) is 0 Å². The van der Waals surface area contributed by atoms with Crippen molar-refractivity contribution in [3.8, 4) is 0 Å². The lowest BCUT2D eigenvalue weighted by Crippen LogP contribution is -2.39. The molecule has 5 rings (SSSR count). The second-order valence-electron chi connectivity index (χ2n) is 10.8. The van der Waals surface area contributed by atoms with Gasteiger partial charge in [0, 0.05) is 46.5 Å². The molecule has 38 heavy (non-hydrogen) atoms. The lowest BCUT2D eigenvalue weighted by Gasteiger charge is -2.37. The third kappa shape index (κ3) is 4.90. The van der Waals surface area contributed by atoms with Crippen LogP contribution in [-0.4, -0.2) is 24.8 Å². The van der Waals surface area contributed by atoms with Gasteiger partial charge in [0.15, 0.2) is 5.78 Å². The zero-order valence-electron chi connectivity index (χ0n) is 22.4. The first-order valence-corrected chi connectivity index (χ1v) is 14.1. The van der Waals surface area contributed by atoms with Crippen LogP contribution in [0, 0.1) is 5.41 Å². The van der Waals surface area contributed by atoms with E-state index in [1.165, 1.54) is 0 Å². The summed E-state index contributed by atoms with van der Waals surface area (Å²) in [6.07, 6.45) is 1.18. The minimum absolute atomic E-state index is 0.0861. The Morgan fingerprint density at radius 3 is 2.29 bits per heavy atom. The van der Waals surface area contributed by atoms with Crippen LogP contribution < -0.4 is 15.1 Å². The number of allylic oxidation sites excluding steroid dienone is 1. The van der Waals surface area contributed by atoms with Crippen LogP contribution in [0.1, 0.15) is 62.5 Å². The first-order chi connectivity index (χ1) is 18.2. The van der Waals surface area contributed by atoms with E-state index in [1.807, 2.05) is 53.4 Å². The summed E-state index contributed by atoms with van der Waals surface area (Å²) in [4.78, 5) is 32.3. The summed E-state index contributed by atoms with van der Waals surface area (Å²) in [6, 6.07) is 23.1. The van der Waals surface area contributed by atoms with Crippen LogP contribution in [0.3, 0.4) is 0 Å². The molecule has 1 atom stereocenters. The van der Waals surface area contributed by atoms with Gasteiger partial charge in [-0.15, -0.1) is 0 Å². The van der Waals surface area contributed by atoms with Crippen molar-refractivity contribution < 1.29 is 9.59 Å². The van der Waals surface area contributed by atoms with E-state index >= 15 is 0 Å². The minimum atomic E-state index is -0.549. The minimum Gasteiger partial charge on any atom is -0.372 e.